The summed E-state index contributed by atoms with van der Waals surface area (Å²) in [4.78, 5) is 15.6. The van der Waals surface area contributed by atoms with E-state index in [1.165, 1.54) is 12.1 Å². The summed E-state index contributed by atoms with van der Waals surface area (Å²) >= 11 is 1.61. The number of morpholine rings is 1. The molecule has 0 spiro atoms. The van der Waals surface area contributed by atoms with E-state index < -0.39 is 0 Å². The molecule has 4 nitrogen and oxygen atoms in total. The monoisotopic (exact) mass is 344 g/mol. The van der Waals surface area contributed by atoms with E-state index in [1.807, 2.05) is 33.0 Å². The number of carbonyl (C=O) groups excluding carboxylic acids is 1. The molecule has 124 valence electrons. The molecule has 0 atom stereocenters. The molecule has 2 aromatic heterocycles. The Morgan fingerprint density at radius 2 is 2.04 bits per heavy atom. The lowest BCUT2D eigenvalue weighted by Gasteiger charge is -2.27. The third-order valence-electron chi connectivity index (χ3n) is 4.29. The van der Waals surface area contributed by atoms with Crippen molar-refractivity contribution in [2.45, 2.75) is 6.54 Å². The van der Waals surface area contributed by atoms with E-state index in [4.69, 9.17) is 4.74 Å². The Bertz CT molecular complexity index is 867. The zero-order chi connectivity index (χ0) is 16.5. The van der Waals surface area contributed by atoms with Gasteiger partial charge in [-0.15, -0.1) is 11.3 Å². The molecule has 6 heteroatoms. The van der Waals surface area contributed by atoms with Gasteiger partial charge in [-0.1, -0.05) is 6.07 Å². The fraction of sp³-hybridized carbons (Fsp3) is 0.278. The minimum Gasteiger partial charge on any atom is -0.378 e. The second kappa shape index (κ2) is 6.37. The fourth-order valence-electron chi connectivity index (χ4n) is 3.09. The van der Waals surface area contributed by atoms with Gasteiger partial charge in [-0.3, -0.25) is 4.79 Å². The van der Waals surface area contributed by atoms with Gasteiger partial charge in [-0.25, -0.2) is 4.39 Å². The van der Waals surface area contributed by atoms with Crippen LogP contribution in [0, 0.1) is 5.82 Å². The number of amides is 1. The Labute approximate surface area is 143 Å². The van der Waals surface area contributed by atoms with E-state index in [0.717, 1.165) is 21.5 Å². The molecule has 0 radical (unpaired) electrons. The van der Waals surface area contributed by atoms with Crippen LogP contribution in [0.5, 0.6) is 0 Å². The summed E-state index contributed by atoms with van der Waals surface area (Å²) < 4.78 is 20.9. The van der Waals surface area contributed by atoms with Gasteiger partial charge in [0.05, 0.1) is 23.8 Å². The van der Waals surface area contributed by atoms with Gasteiger partial charge in [0.2, 0.25) is 5.91 Å². The van der Waals surface area contributed by atoms with Crippen molar-refractivity contribution in [2.75, 3.05) is 26.3 Å². The molecule has 1 aromatic carbocycles. The number of rotatable bonds is 3. The van der Waals surface area contributed by atoms with Crippen LogP contribution < -0.4 is 0 Å². The van der Waals surface area contributed by atoms with Crippen molar-refractivity contribution in [3.8, 4) is 10.6 Å². The second-order valence-electron chi connectivity index (χ2n) is 5.79. The summed E-state index contributed by atoms with van der Waals surface area (Å²) in [6.45, 7) is 2.67. The number of hydrogen-bond acceptors (Lipinski definition) is 3. The zero-order valence-electron chi connectivity index (χ0n) is 13.1. The van der Waals surface area contributed by atoms with Crippen molar-refractivity contribution in [1.82, 2.24) is 9.47 Å². The van der Waals surface area contributed by atoms with Gasteiger partial charge in [-0.2, -0.15) is 0 Å². The molecule has 3 heterocycles. The van der Waals surface area contributed by atoms with Crippen LogP contribution in [-0.2, 0) is 16.1 Å². The summed E-state index contributed by atoms with van der Waals surface area (Å²) in [6.07, 6.45) is 0. The van der Waals surface area contributed by atoms with Crippen molar-refractivity contribution in [1.29, 1.82) is 0 Å². The van der Waals surface area contributed by atoms with Crippen LogP contribution in [0.2, 0.25) is 0 Å². The largest absolute Gasteiger partial charge is 0.378 e. The Kier molecular flexibility index (Phi) is 4.08. The summed E-state index contributed by atoms with van der Waals surface area (Å²) in [5.74, 6) is -0.199. The lowest BCUT2D eigenvalue weighted by Crippen LogP contribution is -2.42. The van der Waals surface area contributed by atoms with Crippen LogP contribution in [0.4, 0.5) is 4.39 Å². The topological polar surface area (TPSA) is 34.5 Å². The highest BCUT2D eigenvalue weighted by Crippen LogP contribution is 2.31. The molecule has 1 saturated heterocycles. The first-order valence-electron chi connectivity index (χ1n) is 7.90. The lowest BCUT2D eigenvalue weighted by atomic mass is 10.2. The Hall–Kier alpha value is -2.18. The molecule has 1 aliphatic rings. The van der Waals surface area contributed by atoms with Crippen LogP contribution >= 0.6 is 11.3 Å². The van der Waals surface area contributed by atoms with Crippen molar-refractivity contribution in [3.63, 3.8) is 0 Å². The molecule has 1 aliphatic heterocycles. The highest BCUT2D eigenvalue weighted by atomic mass is 32.1. The van der Waals surface area contributed by atoms with Crippen molar-refractivity contribution < 1.29 is 13.9 Å². The van der Waals surface area contributed by atoms with Crippen LogP contribution in [0.25, 0.3) is 21.5 Å². The normalized spacial score (nSPS) is 15.1. The van der Waals surface area contributed by atoms with Crippen LogP contribution in [0.15, 0.2) is 41.8 Å². The molecule has 0 N–H and O–H groups in total. The molecule has 0 saturated carbocycles. The average Bonchev–Trinajstić information content (AvgIpc) is 3.23. The minimum atomic E-state index is -0.267. The third-order valence-corrected chi connectivity index (χ3v) is 5.19. The van der Waals surface area contributed by atoms with E-state index >= 15 is 0 Å². The number of nitrogens with zero attached hydrogens (tertiary/aromatic N) is 2. The molecule has 0 bridgehead atoms. The maximum absolute atomic E-state index is 13.6. The van der Waals surface area contributed by atoms with Gasteiger partial charge in [0.15, 0.2) is 0 Å². The van der Waals surface area contributed by atoms with E-state index in [-0.39, 0.29) is 18.3 Å². The smallest absolute Gasteiger partial charge is 0.242 e. The van der Waals surface area contributed by atoms with E-state index in [1.54, 1.807) is 17.4 Å². The van der Waals surface area contributed by atoms with Gasteiger partial charge in [0.25, 0.3) is 0 Å². The second-order valence-corrected chi connectivity index (χ2v) is 6.74. The Balaban J connectivity index is 1.74. The number of halogens is 1. The van der Waals surface area contributed by atoms with E-state index in [0.29, 0.717) is 26.3 Å². The molecule has 0 unspecified atom stereocenters. The number of benzene rings is 1. The molecular formula is C18H17FN2O2S. The molecule has 0 aliphatic carbocycles. The number of hydrogen-bond donors (Lipinski definition) is 0. The van der Waals surface area contributed by atoms with Crippen LogP contribution in [0.1, 0.15) is 0 Å². The highest BCUT2D eigenvalue weighted by Gasteiger charge is 2.20. The summed E-state index contributed by atoms with van der Waals surface area (Å²) in [7, 11) is 0. The van der Waals surface area contributed by atoms with Gasteiger partial charge in [0.1, 0.15) is 12.4 Å². The zero-order valence-corrected chi connectivity index (χ0v) is 13.9. The number of thiophene rings is 1. The average molecular weight is 344 g/mol. The standard InChI is InChI=1S/C18H17FN2O2S/c19-14-3-4-15-13(10-14)11-16(17-2-1-9-24-17)21(15)12-18(22)20-5-7-23-8-6-20/h1-4,9-11H,5-8,12H2. The first-order chi connectivity index (χ1) is 11.7. The number of carbonyl (C=O) groups is 1. The Morgan fingerprint density at radius 3 is 2.79 bits per heavy atom. The van der Waals surface area contributed by atoms with Gasteiger partial charge < -0.3 is 14.2 Å². The van der Waals surface area contributed by atoms with E-state index in [9.17, 15) is 9.18 Å². The molecule has 24 heavy (non-hydrogen) atoms. The minimum absolute atomic E-state index is 0.0675. The van der Waals surface area contributed by atoms with Gasteiger partial charge >= 0.3 is 0 Å². The molecule has 3 aromatic rings. The molecule has 1 amide bonds. The third kappa shape index (κ3) is 2.83. The van der Waals surface area contributed by atoms with E-state index in [2.05, 4.69) is 0 Å². The SMILES string of the molecule is O=C(Cn1c(-c2cccs2)cc2cc(F)ccc21)N1CCOCC1. The first-order valence-corrected chi connectivity index (χ1v) is 8.78. The van der Waals surface area contributed by atoms with Crippen molar-refractivity contribution in [2.24, 2.45) is 0 Å². The maximum atomic E-state index is 13.6. The molecule has 4 rings (SSSR count). The summed E-state index contributed by atoms with van der Waals surface area (Å²) in [6, 6.07) is 10.7. The fourth-order valence-corrected chi connectivity index (χ4v) is 3.84. The molecule has 1 fully saturated rings. The summed E-state index contributed by atoms with van der Waals surface area (Å²) in [5.41, 5.74) is 1.83. The highest BCUT2D eigenvalue weighted by molar-refractivity contribution is 7.13. The van der Waals surface area contributed by atoms with Gasteiger partial charge in [0, 0.05) is 24.0 Å². The quantitative estimate of drug-likeness (QED) is 0.730. The lowest BCUT2D eigenvalue weighted by molar-refractivity contribution is -0.135. The van der Waals surface area contributed by atoms with Crippen molar-refractivity contribution >= 4 is 28.1 Å². The van der Waals surface area contributed by atoms with Crippen LogP contribution in [-0.4, -0.2) is 41.7 Å². The number of ether oxygens (including phenoxy) is 1. The van der Waals surface area contributed by atoms with Gasteiger partial charge in [-0.05, 0) is 35.7 Å². The predicted molar refractivity (Wildman–Crippen MR) is 92.6 cm³/mol. The predicted octanol–water partition coefficient (Wildman–Crippen LogP) is 3.37. The maximum Gasteiger partial charge on any atom is 0.242 e. The summed E-state index contributed by atoms with van der Waals surface area (Å²) in [5, 5.41) is 2.81. The van der Waals surface area contributed by atoms with Crippen molar-refractivity contribution in [3.05, 3.63) is 47.6 Å². The Morgan fingerprint density at radius 1 is 1.21 bits per heavy atom. The van der Waals surface area contributed by atoms with Crippen LogP contribution in [0.3, 0.4) is 0 Å². The number of fused-ring (bicyclic) bond motifs is 1. The first kappa shape index (κ1) is 15.4. The number of aromatic nitrogens is 1. The molecular weight excluding hydrogens is 327 g/mol.